The van der Waals surface area contributed by atoms with Gasteiger partial charge >= 0.3 is 0 Å². The van der Waals surface area contributed by atoms with Crippen molar-refractivity contribution in [3.05, 3.63) is 101 Å². The number of rotatable bonds is 12. The van der Waals surface area contributed by atoms with Gasteiger partial charge in [-0.05, 0) is 98.7 Å². The third-order valence-electron chi connectivity index (χ3n) is 7.13. The largest absolute Gasteiger partial charge is 0.508 e. The van der Waals surface area contributed by atoms with E-state index >= 15 is 0 Å². The van der Waals surface area contributed by atoms with Crippen LogP contribution in [0.4, 0.5) is 0 Å². The van der Waals surface area contributed by atoms with E-state index in [0.29, 0.717) is 29.9 Å². The molecule has 1 aliphatic rings. The SMILES string of the molecule is COc1cc(C=CC(O)=CC(=O)C=Cc2ccc(OC3(C)C=CC(C(C)CC(=O)C=C(C)C)CC3O)cc2)ccc1O. The van der Waals surface area contributed by atoms with Gasteiger partial charge in [0.15, 0.2) is 23.1 Å². The summed E-state index contributed by atoms with van der Waals surface area (Å²) in [7, 11) is 1.44. The molecule has 7 nitrogen and oxygen atoms in total. The Kier molecular flexibility index (Phi) is 11.1. The van der Waals surface area contributed by atoms with Crippen molar-refractivity contribution in [2.45, 2.75) is 52.2 Å². The van der Waals surface area contributed by atoms with Gasteiger partial charge in [0, 0.05) is 12.5 Å². The predicted molar refractivity (Wildman–Crippen MR) is 165 cm³/mol. The minimum absolute atomic E-state index is 0.0103. The summed E-state index contributed by atoms with van der Waals surface area (Å²) in [6.45, 7) is 7.67. The van der Waals surface area contributed by atoms with Crippen molar-refractivity contribution in [1.82, 2.24) is 0 Å². The molecule has 1 aliphatic carbocycles. The number of ether oxygens (including phenoxy) is 2. The first kappa shape index (κ1) is 32.2. The molecule has 0 saturated carbocycles. The summed E-state index contributed by atoms with van der Waals surface area (Å²) in [5.41, 5.74) is 1.51. The topological polar surface area (TPSA) is 113 Å². The second kappa shape index (κ2) is 14.5. The number of allylic oxidation sites excluding steroid dienone is 6. The van der Waals surface area contributed by atoms with Gasteiger partial charge < -0.3 is 24.8 Å². The summed E-state index contributed by atoms with van der Waals surface area (Å²) < 4.78 is 11.2. The highest BCUT2D eigenvalue weighted by molar-refractivity contribution is 6.02. The normalized spacial score (nSPS) is 21.3. The second-order valence-corrected chi connectivity index (χ2v) is 11.1. The van der Waals surface area contributed by atoms with E-state index < -0.39 is 17.5 Å². The minimum atomic E-state index is -0.908. The number of methoxy groups -OCH3 is 1. The Morgan fingerprint density at radius 2 is 1.71 bits per heavy atom. The molecule has 0 bridgehead atoms. The third kappa shape index (κ3) is 9.35. The molecule has 0 amide bonds. The number of benzene rings is 2. The number of phenols is 1. The summed E-state index contributed by atoms with van der Waals surface area (Å²) in [4.78, 5) is 24.5. The lowest BCUT2D eigenvalue weighted by atomic mass is 9.76. The molecule has 0 aromatic heterocycles. The highest BCUT2D eigenvalue weighted by Gasteiger charge is 2.39. The highest BCUT2D eigenvalue weighted by atomic mass is 16.5. The smallest absolute Gasteiger partial charge is 0.182 e. The molecule has 4 unspecified atom stereocenters. The third-order valence-corrected chi connectivity index (χ3v) is 7.13. The van der Waals surface area contributed by atoms with Crippen molar-refractivity contribution < 1.29 is 34.4 Å². The van der Waals surface area contributed by atoms with Crippen molar-refractivity contribution >= 4 is 23.7 Å². The van der Waals surface area contributed by atoms with E-state index in [0.717, 1.165) is 17.2 Å². The van der Waals surface area contributed by atoms with Crippen LogP contribution in [0.15, 0.2) is 90.3 Å². The van der Waals surface area contributed by atoms with Crippen LogP contribution >= 0.6 is 0 Å². The number of hydrogen-bond donors (Lipinski definition) is 3. The van der Waals surface area contributed by atoms with Crippen molar-refractivity contribution in [2.24, 2.45) is 11.8 Å². The first-order valence-corrected chi connectivity index (χ1v) is 13.9. The molecular weight excluding hydrogens is 532 g/mol. The van der Waals surface area contributed by atoms with Crippen LogP contribution < -0.4 is 9.47 Å². The summed E-state index contributed by atoms with van der Waals surface area (Å²) in [5.74, 6) is 0.561. The fraction of sp³-hybridized carbons (Fsp3) is 0.314. The van der Waals surface area contributed by atoms with E-state index in [4.69, 9.17) is 9.47 Å². The van der Waals surface area contributed by atoms with E-state index in [1.807, 2.05) is 39.8 Å². The molecule has 2 aromatic carbocycles. The van der Waals surface area contributed by atoms with Gasteiger partial charge in [-0.15, -0.1) is 0 Å². The first-order chi connectivity index (χ1) is 19.9. The molecule has 222 valence electrons. The quantitative estimate of drug-likeness (QED) is 0.111. The van der Waals surface area contributed by atoms with Gasteiger partial charge in [0.25, 0.3) is 0 Å². The van der Waals surface area contributed by atoms with Crippen molar-refractivity contribution in [3.63, 3.8) is 0 Å². The molecule has 0 aliphatic heterocycles. The number of aromatic hydroxyl groups is 1. The maximum Gasteiger partial charge on any atom is 0.182 e. The number of carbonyl (C=O) groups excluding carboxylic acids is 2. The van der Waals surface area contributed by atoms with E-state index in [1.165, 1.54) is 25.3 Å². The maximum atomic E-state index is 12.3. The zero-order valence-electron chi connectivity index (χ0n) is 24.8. The molecule has 0 spiro atoms. The standard InChI is InChI=1S/C35H40O7/c1-23(2)18-30(38)19-24(3)27-16-17-35(4,34(40)21-27)42-31-13-8-25(9-14-31)6-11-28(36)22-29(37)12-7-26-10-15-32(39)33(20-26)41-5/h6-18,20,22,24,27,34,37,39-40H,19,21H2,1-5H3. The predicted octanol–water partition coefficient (Wildman–Crippen LogP) is 6.77. The molecule has 0 fully saturated rings. The average molecular weight is 573 g/mol. The molecule has 4 atom stereocenters. The van der Waals surface area contributed by atoms with Crippen LogP contribution in [-0.2, 0) is 9.59 Å². The molecule has 3 rings (SSSR count). The molecule has 3 N–H and O–H groups in total. The van der Waals surface area contributed by atoms with Crippen molar-refractivity contribution in [3.8, 4) is 17.2 Å². The van der Waals surface area contributed by atoms with Crippen LogP contribution in [0.1, 0.15) is 51.7 Å². The number of aliphatic hydroxyl groups excluding tert-OH is 2. The van der Waals surface area contributed by atoms with Crippen LogP contribution in [0.5, 0.6) is 17.2 Å². The van der Waals surface area contributed by atoms with Crippen molar-refractivity contribution in [2.75, 3.05) is 7.11 Å². The van der Waals surface area contributed by atoms with Crippen LogP contribution in [0.25, 0.3) is 12.2 Å². The summed E-state index contributed by atoms with van der Waals surface area (Å²) in [5, 5.41) is 30.7. The van der Waals surface area contributed by atoms with Gasteiger partial charge in [-0.25, -0.2) is 0 Å². The molecule has 7 heteroatoms. The van der Waals surface area contributed by atoms with Crippen LogP contribution in [-0.4, -0.2) is 45.7 Å². The lowest BCUT2D eigenvalue weighted by molar-refractivity contribution is -0.116. The summed E-state index contributed by atoms with van der Waals surface area (Å²) in [6, 6.07) is 11.9. The van der Waals surface area contributed by atoms with Gasteiger partial charge in [0.1, 0.15) is 17.1 Å². The highest BCUT2D eigenvalue weighted by Crippen LogP contribution is 2.35. The van der Waals surface area contributed by atoms with Gasteiger partial charge in [0.2, 0.25) is 0 Å². The number of carbonyl (C=O) groups is 2. The van der Waals surface area contributed by atoms with E-state index in [1.54, 1.807) is 54.6 Å². The molecule has 0 radical (unpaired) electrons. The lowest BCUT2D eigenvalue weighted by Gasteiger charge is -2.39. The molecule has 0 heterocycles. The van der Waals surface area contributed by atoms with Crippen LogP contribution in [0.2, 0.25) is 0 Å². The zero-order valence-corrected chi connectivity index (χ0v) is 24.8. The summed E-state index contributed by atoms with van der Waals surface area (Å²) in [6.07, 6.45) is 12.8. The Hall–Kier alpha value is -4.36. The lowest BCUT2D eigenvalue weighted by Crippen LogP contribution is -2.47. The van der Waals surface area contributed by atoms with Crippen molar-refractivity contribution in [1.29, 1.82) is 0 Å². The summed E-state index contributed by atoms with van der Waals surface area (Å²) >= 11 is 0. The Morgan fingerprint density at radius 1 is 1.05 bits per heavy atom. The maximum absolute atomic E-state index is 12.3. The first-order valence-electron chi connectivity index (χ1n) is 13.9. The fourth-order valence-electron chi connectivity index (χ4n) is 4.67. The van der Waals surface area contributed by atoms with Gasteiger partial charge in [-0.2, -0.15) is 0 Å². The zero-order chi connectivity index (χ0) is 30.9. The molecule has 2 aromatic rings. The van der Waals surface area contributed by atoms with Gasteiger partial charge in [-0.3, -0.25) is 9.59 Å². The number of phenolic OH excluding ortho intramolecular Hbond substituents is 1. The Labute approximate surface area is 247 Å². The molecular formula is C35H40O7. The fourth-order valence-corrected chi connectivity index (χ4v) is 4.67. The van der Waals surface area contributed by atoms with Crippen LogP contribution in [0, 0.1) is 11.8 Å². The Morgan fingerprint density at radius 3 is 2.36 bits per heavy atom. The monoisotopic (exact) mass is 572 g/mol. The molecule has 0 saturated heterocycles. The minimum Gasteiger partial charge on any atom is -0.508 e. The second-order valence-electron chi connectivity index (χ2n) is 11.1. The molecule has 42 heavy (non-hydrogen) atoms. The Balaban J connectivity index is 1.57. The van der Waals surface area contributed by atoms with E-state index in [-0.39, 0.29) is 29.1 Å². The number of hydrogen-bond acceptors (Lipinski definition) is 7. The van der Waals surface area contributed by atoms with Crippen LogP contribution in [0.3, 0.4) is 0 Å². The van der Waals surface area contributed by atoms with E-state index in [9.17, 15) is 24.9 Å². The average Bonchev–Trinajstić information content (AvgIpc) is 2.93. The van der Waals surface area contributed by atoms with Gasteiger partial charge in [0.05, 0.1) is 13.2 Å². The van der Waals surface area contributed by atoms with E-state index in [2.05, 4.69) is 0 Å². The van der Waals surface area contributed by atoms with Gasteiger partial charge in [-0.1, -0.05) is 48.9 Å². The number of aliphatic hydroxyl groups is 2. The number of ketones is 2. The Bertz CT molecular complexity index is 1410.